The predicted octanol–water partition coefficient (Wildman–Crippen LogP) is 2.67. The van der Waals surface area contributed by atoms with Gasteiger partial charge in [-0.25, -0.2) is 4.79 Å². The molecule has 0 aliphatic carbocycles. The van der Waals surface area contributed by atoms with Crippen LogP contribution in [0.5, 0.6) is 0 Å². The largest absolute Gasteiger partial charge is 0.467 e. The first-order valence-corrected chi connectivity index (χ1v) is 5.19. The number of aliphatic hydroxyl groups excluding tert-OH is 1. The fourth-order valence-corrected chi connectivity index (χ4v) is 1.87. The number of carbonyl (C=O) groups is 1. The first-order valence-electron chi connectivity index (χ1n) is 4.40. The number of ether oxygens (including phenoxy) is 1. The SMILES string of the molecule is COC(=O)C(O)c1c(Br)cccc1C(F)(F)F. The molecule has 7 heteroatoms. The van der Waals surface area contributed by atoms with Crippen LogP contribution in [0.4, 0.5) is 13.2 Å². The number of hydrogen-bond acceptors (Lipinski definition) is 3. The Morgan fingerprint density at radius 1 is 1.47 bits per heavy atom. The summed E-state index contributed by atoms with van der Waals surface area (Å²) in [6.07, 6.45) is -6.64. The quantitative estimate of drug-likeness (QED) is 0.854. The summed E-state index contributed by atoms with van der Waals surface area (Å²) >= 11 is 2.87. The third-order valence-corrected chi connectivity index (χ3v) is 2.75. The van der Waals surface area contributed by atoms with Gasteiger partial charge in [-0.15, -0.1) is 0 Å². The average molecular weight is 313 g/mol. The topological polar surface area (TPSA) is 46.5 Å². The Kier molecular flexibility index (Phi) is 4.16. The molecule has 1 aromatic rings. The molecular weight excluding hydrogens is 305 g/mol. The second-order valence-electron chi connectivity index (χ2n) is 3.12. The molecule has 0 spiro atoms. The first kappa shape index (κ1) is 14.0. The zero-order valence-corrected chi connectivity index (χ0v) is 10.2. The molecule has 0 heterocycles. The smallest absolute Gasteiger partial charge is 0.416 e. The number of alkyl halides is 3. The molecule has 94 valence electrons. The second-order valence-corrected chi connectivity index (χ2v) is 3.98. The maximum absolute atomic E-state index is 12.7. The van der Waals surface area contributed by atoms with Crippen LogP contribution >= 0.6 is 15.9 Å². The lowest BCUT2D eigenvalue weighted by Gasteiger charge is -2.17. The third kappa shape index (κ3) is 2.98. The van der Waals surface area contributed by atoms with E-state index in [0.717, 1.165) is 13.2 Å². The highest BCUT2D eigenvalue weighted by atomic mass is 79.9. The molecule has 0 saturated heterocycles. The molecule has 3 nitrogen and oxygen atoms in total. The lowest BCUT2D eigenvalue weighted by atomic mass is 10.0. The van der Waals surface area contributed by atoms with Crippen molar-refractivity contribution in [2.45, 2.75) is 12.3 Å². The zero-order valence-electron chi connectivity index (χ0n) is 8.58. The van der Waals surface area contributed by atoms with E-state index in [2.05, 4.69) is 20.7 Å². The van der Waals surface area contributed by atoms with Crippen LogP contribution in [-0.2, 0) is 15.7 Å². The predicted molar refractivity (Wildman–Crippen MR) is 56.1 cm³/mol. The molecule has 1 aromatic carbocycles. The Hall–Kier alpha value is -1.08. The van der Waals surface area contributed by atoms with Crippen molar-refractivity contribution in [2.75, 3.05) is 7.11 Å². The number of hydrogen-bond donors (Lipinski definition) is 1. The number of halogens is 4. The molecule has 0 radical (unpaired) electrons. The Labute approximate surface area is 103 Å². The Morgan fingerprint density at radius 3 is 2.53 bits per heavy atom. The van der Waals surface area contributed by atoms with Crippen LogP contribution < -0.4 is 0 Å². The maximum atomic E-state index is 12.7. The van der Waals surface area contributed by atoms with Crippen molar-refractivity contribution in [2.24, 2.45) is 0 Å². The molecule has 0 aliphatic rings. The molecule has 0 fully saturated rings. The van der Waals surface area contributed by atoms with Gasteiger partial charge in [0.25, 0.3) is 0 Å². The maximum Gasteiger partial charge on any atom is 0.416 e. The molecule has 1 rings (SSSR count). The van der Waals surface area contributed by atoms with Crippen molar-refractivity contribution in [3.63, 3.8) is 0 Å². The zero-order chi connectivity index (χ0) is 13.2. The van der Waals surface area contributed by atoms with E-state index in [9.17, 15) is 23.1 Å². The molecule has 17 heavy (non-hydrogen) atoms. The summed E-state index contributed by atoms with van der Waals surface area (Å²) in [7, 11) is 0.982. The van der Waals surface area contributed by atoms with Crippen LogP contribution in [0, 0.1) is 0 Å². The fraction of sp³-hybridized carbons (Fsp3) is 0.300. The van der Waals surface area contributed by atoms with Crippen LogP contribution in [0.25, 0.3) is 0 Å². The van der Waals surface area contributed by atoms with Crippen molar-refractivity contribution in [3.05, 3.63) is 33.8 Å². The van der Waals surface area contributed by atoms with Crippen LogP contribution in [0.3, 0.4) is 0 Å². The lowest BCUT2D eigenvalue weighted by molar-refractivity contribution is -0.152. The normalized spacial score (nSPS) is 13.3. The van der Waals surface area contributed by atoms with Crippen LogP contribution in [0.1, 0.15) is 17.2 Å². The monoisotopic (exact) mass is 312 g/mol. The third-order valence-electron chi connectivity index (χ3n) is 2.06. The van der Waals surface area contributed by atoms with Gasteiger partial charge in [-0.1, -0.05) is 22.0 Å². The van der Waals surface area contributed by atoms with Crippen LogP contribution in [-0.4, -0.2) is 18.2 Å². The highest BCUT2D eigenvalue weighted by Gasteiger charge is 2.37. The summed E-state index contributed by atoms with van der Waals surface area (Å²) in [5.74, 6) is -1.15. The van der Waals surface area contributed by atoms with Gasteiger partial charge in [-0.3, -0.25) is 0 Å². The minimum atomic E-state index is -4.66. The van der Waals surface area contributed by atoms with E-state index in [4.69, 9.17) is 0 Å². The molecule has 1 N–H and O–H groups in total. The highest BCUT2D eigenvalue weighted by molar-refractivity contribution is 9.10. The number of esters is 1. The Bertz CT molecular complexity index is 431. The molecule has 0 amide bonds. The lowest BCUT2D eigenvalue weighted by Crippen LogP contribution is -2.19. The standard InChI is InChI=1S/C10H8BrF3O3/c1-17-9(16)8(15)7-5(10(12,13)14)3-2-4-6(7)11/h2-4,8,15H,1H3. The number of aliphatic hydroxyl groups is 1. The van der Waals surface area contributed by atoms with Gasteiger partial charge < -0.3 is 9.84 Å². The Balaban J connectivity index is 3.35. The van der Waals surface area contributed by atoms with Gasteiger partial charge in [0, 0.05) is 10.0 Å². The van der Waals surface area contributed by atoms with Crippen molar-refractivity contribution in [3.8, 4) is 0 Å². The van der Waals surface area contributed by atoms with E-state index in [1.54, 1.807) is 0 Å². The summed E-state index contributed by atoms with van der Waals surface area (Å²) in [4.78, 5) is 11.1. The second kappa shape index (κ2) is 5.05. The number of rotatable bonds is 2. The van der Waals surface area contributed by atoms with Gasteiger partial charge in [-0.2, -0.15) is 13.2 Å². The molecule has 1 unspecified atom stereocenters. The van der Waals surface area contributed by atoms with Gasteiger partial charge in [0.1, 0.15) is 0 Å². The van der Waals surface area contributed by atoms with E-state index >= 15 is 0 Å². The van der Waals surface area contributed by atoms with Gasteiger partial charge in [-0.05, 0) is 12.1 Å². The van der Waals surface area contributed by atoms with E-state index in [0.29, 0.717) is 0 Å². The van der Waals surface area contributed by atoms with E-state index in [-0.39, 0.29) is 4.47 Å². The van der Waals surface area contributed by atoms with Crippen molar-refractivity contribution < 1.29 is 27.8 Å². The van der Waals surface area contributed by atoms with Crippen LogP contribution in [0.2, 0.25) is 0 Å². The summed E-state index contributed by atoms with van der Waals surface area (Å²) < 4.78 is 42.2. The summed E-state index contributed by atoms with van der Waals surface area (Å²) in [6, 6.07) is 3.25. The van der Waals surface area contributed by atoms with Crippen molar-refractivity contribution >= 4 is 21.9 Å². The highest BCUT2D eigenvalue weighted by Crippen LogP contribution is 2.38. The van der Waals surface area contributed by atoms with Gasteiger partial charge in [0.2, 0.25) is 0 Å². The summed E-state index contributed by atoms with van der Waals surface area (Å²) in [5, 5.41) is 9.51. The molecular formula is C10H8BrF3O3. The number of benzene rings is 1. The van der Waals surface area contributed by atoms with E-state index < -0.39 is 29.4 Å². The molecule has 0 bridgehead atoms. The van der Waals surface area contributed by atoms with Gasteiger partial charge in [0.05, 0.1) is 12.7 Å². The first-order chi connectivity index (χ1) is 7.79. The summed E-state index contributed by atoms with van der Waals surface area (Å²) in [6.45, 7) is 0. The summed E-state index contributed by atoms with van der Waals surface area (Å²) in [5.41, 5.74) is -1.63. The molecule has 0 aromatic heterocycles. The van der Waals surface area contributed by atoms with Gasteiger partial charge >= 0.3 is 12.1 Å². The molecule has 1 atom stereocenters. The van der Waals surface area contributed by atoms with E-state index in [1.807, 2.05) is 0 Å². The number of carbonyl (C=O) groups excluding carboxylic acids is 1. The fourth-order valence-electron chi connectivity index (χ4n) is 1.29. The van der Waals surface area contributed by atoms with Gasteiger partial charge in [0.15, 0.2) is 6.10 Å². The minimum absolute atomic E-state index is 0.00905. The van der Waals surface area contributed by atoms with Crippen LogP contribution in [0.15, 0.2) is 22.7 Å². The minimum Gasteiger partial charge on any atom is -0.467 e. The number of methoxy groups -OCH3 is 1. The molecule has 0 aliphatic heterocycles. The Morgan fingerprint density at radius 2 is 2.06 bits per heavy atom. The average Bonchev–Trinajstić information content (AvgIpc) is 2.25. The molecule has 0 saturated carbocycles. The van der Waals surface area contributed by atoms with Crippen molar-refractivity contribution in [1.82, 2.24) is 0 Å². The van der Waals surface area contributed by atoms with Crippen molar-refractivity contribution in [1.29, 1.82) is 0 Å². The van der Waals surface area contributed by atoms with E-state index in [1.165, 1.54) is 12.1 Å².